The van der Waals surface area contributed by atoms with Gasteiger partial charge >= 0.3 is 5.97 Å². The van der Waals surface area contributed by atoms with Crippen LogP contribution >= 0.6 is 0 Å². The molecule has 0 aliphatic rings. The van der Waals surface area contributed by atoms with E-state index >= 15 is 0 Å². The standard InChI is InChI=1S/C43H85NO5/c1-4-7-10-13-16-19-20-21-22-24-26-29-32-35-41(46)40(38-45)44-42(47)37-39(34-31-28-25-18-15-12-9-6-3)49-43(48)36-33-30-27-23-17-14-11-8-5-2/h39-41,45-46H,4-38H2,1-3H3,(H,44,47). The minimum absolute atomic E-state index is 0.0853. The Morgan fingerprint density at radius 2 is 0.857 bits per heavy atom. The number of aliphatic hydroxyl groups excluding tert-OH is 2. The van der Waals surface area contributed by atoms with Crippen molar-refractivity contribution in [1.82, 2.24) is 5.32 Å². The number of carbonyl (C=O) groups is 2. The largest absolute Gasteiger partial charge is 0.462 e. The van der Waals surface area contributed by atoms with E-state index in [1.165, 1.54) is 148 Å². The minimum Gasteiger partial charge on any atom is -0.462 e. The van der Waals surface area contributed by atoms with Gasteiger partial charge in [-0.3, -0.25) is 9.59 Å². The third kappa shape index (κ3) is 33.7. The van der Waals surface area contributed by atoms with E-state index in [9.17, 15) is 19.8 Å². The van der Waals surface area contributed by atoms with Crippen molar-refractivity contribution < 1.29 is 24.5 Å². The lowest BCUT2D eigenvalue weighted by Crippen LogP contribution is -2.46. The number of amides is 1. The first-order valence-corrected chi connectivity index (χ1v) is 21.8. The number of ether oxygens (including phenoxy) is 1. The molecule has 3 unspecified atom stereocenters. The molecule has 0 saturated carbocycles. The van der Waals surface area contributed by atoms with Crippen LogP contribution in [0, 0.1) is 0 Å². The average molecular weight is 696 g/mol. The topological polar surface area (TPSA) is 95.9 Å². The van der Waals surface area contributed by atoms with Crippen LogP contribution in [0.3, 0.4) is 0 Å². The summed E-state index contributed by atoms with van der Waals surface area (Å²) >= 11 is 0. The second-order valence-electron chi connectivity index (χ2n) is 15.1. The number of esters is 1. The van der Waals surface area contributed by atoms with Crippen LogP contribution in [0.4, 0.5) is 0 Å². The Hall–Kier alpha value is -1.14. The van der Waals surface area contributed by atoms with E-state index in [1.807, 2.05) is 0 Å². The summed E-state index contributed by atoms with van der Waals surface area (Å²) < 4.78 is 5.86. The molecular weight excluding hydrogens is 610 g/mol. The Morgan fingerprint density at radius 3 is 1.24 bits per heavy atom. The third-order valence-corrected chi connectivity index (χ3v) is 10.2. The Balaban J connectivity index is 4.45. The highest BCUT2D eigenvalue weighted by Gasteiger charge is 2.24. The second kappa shape index (κ2) is 38.1. The minimum atomic E-state index is -0.776. The van der Waals surface area contributed by atoms with Crippen molar-refractivity contribution in [3.8, 4) is 0 Å². The predicted octanol–water partition coefficient (Wildman–Crippen LogP) is 12.1. The number of aliphatic hydroxyl groups is 2. The molecule has 0 spiro atoms. The average Bonchev–Trinajstić information content (AvgIpc) is 3.09. The van der Waals surface area contributed by atoms with E-state index < -0.39 is 18.2 Å². The number of hydrogen-bond acceptors (Lipinski definition) is 5. The Kier molecular flexibility index (Phi) is 37.2. The van der Waals surface area contributed by atoms with Crippen LogP contribution in [0.15, 0.2) is 0 Å². The van der Waals surface area contributed by atoms with Crippen LogP contribution < -0.4 is 5.32 Å². The first kappa shape index (κ1) is 47.9. The van der Waals surface area contributed by atoms with Gasteiger partial charge in [0.15, 0.2) is 0 Å². The molecule has 1 amide bonds. The summed E-state index contributed by atoms with van der Waals surface area (Å²) in [7, 11) is 0. The molecule has 0 bridgehead atoms. The summed E-state index contributed by atoms with van der Waals surface area (Å²) in [6, 6.07) is -0.689. The molecule has 0 saturated heterocycles. The summed E-state index contributed by atoms with van der Waals surface area (Å²) in [4.78, 5) is 25.8. The van der Waals surface area contributed by atoms with Gasteiger partial charge in [0.05, 0.1) is 25.2 Å². The SMILES string of the molecule is CCCCCCCCCCCCCCCC(O)C(CO)NC(=O)CC(CCCCCCCCCC)OC(=O)CCCCCCCCCCC. The lowest BCUT2D eigenvalue weighted by molar-refractivity contribution is -0.151. The molecular formula is C43H85NO5. The van der Waals surface area contributed by atoms with Gasteiger partial charge in [-0.05, 0) is 25.7 Å². The van der Waals surface area contributed by atoms with E-state index in [2.05, 4.69) is 26.1 Å². The van der Waals surface area contributed by atoms with Gasteiger partial charge in [0.1, 0.15) is 6.10 Å². The first-order chi connectivity index (χ1) is 24.0. The van der Waals surface area contributed by atoms with E-state index in [4.69, 9.17) is 4.74 Å². The molecule has 0 aliphatic carbocycles. The number of hydrogen-bond donors (Lipinski definition) is 3. The molecule has 3 N–H and O–H groups in total. The molecule has 3 atom stereocenters. The van der Waals surface area contributed by atoms with Gasteiger partial charge in [-0.1, -0.05) is 201 Å². The lowest BCUT2D eigenvalue weighted by atomic mass is 10.0. The molecule has 0 heterocycles. The molecule has 0 aromatic rings. The van der Waals surface area contributed by atoms with Crippen LogP contribution in [0.5, 0.6) is 0 Å². The summed E-state index contributed by atoms with van der Waals surface area (Å²) in [6.07, 6.45) is 37.4. The van der Waals surface area contributed by atoms with Gasteiger partial charge in [-0.2, -0.15) is 0 Å². The molecule has 0 fully saturated rings. The van der Waals surface area contributed by atoms with Crippen LogP contribution in [0.1, 0.15) is 239 Å². The van der Waals surface area contributed by atoms with Crippen LogP contribution in [-0.4, -0.2) is 46.9 Å². The second-order valence-corrected chi connectivity index (χ2v) is 15.1. The van der Waals surface area contributed by atoms with Crippen LogP contribution in [0.25, 0.3) is 0 Å². The molecule has 292 valence electrons. The zero-order valence-electron chi connectivity index (χ0n) is 33.1. The molecule has 0 rings (SSSR count). The molecule has 0 aromatic carbocycles. The molecule has 6 nitrogen and oxygen atoms in total. The van der Waals surface area contributed by atoms with Gasteiger partial charge in [0, 0.05) is 6.42 Å². The van der Waals surface area contributed by atoms with Crippen LogP contribution in [0.2, 0.25) is 0 Å². The maximum absolute atomic E-state index is 13.0. The number of carbonyl (C=O) groups excluding carboxylic acids is 2. The number of nitrogens with one attached hydrogen (secondary N) is 1. The molecule has 0 aliphatic heterocycles. The van der Waals surface area contributed by atoms with E-state index in [1.54, 1.807) is 0 Å². The van der Waals surface area contributed by atoms with Gasteiger partial charge in [-0.25, -0.2) is 0 Å². The molecule has 6 heteroatoms. The van der Waals surface area contributed by atoms with E-state index in [0.29, 0.717) is 19.3 Å². The summed E-state index contributed by atoms with van der Waals surface area (Å²) in [5.74, 6) is -0.467. The molecule has 0 aromatic heterocycles. The fourth-order valence-corrected chi connectivity index (χ4v) is 6.84. The quantitative estimate of drug-likeness (QED) is 0.0439. The first-order valence-electron chi connectivity index (χ1n) is 21.8. The highest BCUT2D eigenvalue weighted by atomic mass is 16.5. The van der Waals surface area contributed by atoms with Crippen molar-refractivity contribution >= 4 is 11.9 Å². The third-order valence-electron chi connectivity index (χ3n) is 10.2. The smallest absolute Gasteiger partial charge is 0.306 e. The molecule has 0 radical (unpaired) electrons. The highest BCUT2D eigenvalue weighted by Crippen LogP contribution is 2.18. The predicted molar refractivity (Wildman–Crippen MR) is 209 cm³/mol. The van der Waals surface area contributed by atoms with Crippen molar-refractivity contribution in [3.63, 3.8) is 0 Å². The fraction of sp³-hybridized carbons (Fsp3) is 0.953. The lowest BCUT2D eigenvalue weighted by Gasteiger charge is -2.24. The van der Waals surface area contributed by atoms with Crippen molar-refractivity contribution in [3.05, 3.63) is 0 Å². The summed E-state index contributed by atoms with van der Waals surface area (Å²) in [5.41, 5.74) is 0. The zero-order valence-corrected chi connectivity index (χ0v) is 33.1. The summed E-state index contributed by atoms with van der Waals surface area (Å²) in [5, 5.41) is 23.6. The maximum atomic E-state index is 13.0. The van der Waals surface area contributed by atoms with Crippen molar-refractivity contribution in [2.75, 3.05) is 6.61 Å². The van der Waals surface area contributed by atoms with Crippen molar-refractivity contribution in [2.45, 2.75) is 257 Å². The van der Waals surface area contributed by atoms with Crippen molar-refractivity contribution in [1.29, 1.82) is 0 Å². The number of rotatable bonds is 39. The van der Waals surface area contributed by atoms with Gasteiger partial charge in [0.2, 0.25) is 5.91 Å². The van der Waals surface area contributed by atoms with Crippen LogP contribution in [-0.2, 0) is 14.3 Å². The normalized spacial score (nSPS) is 13.3. The summed E-state index contributed by atoms with van der Waals surface area (Å²) in [6.45, 7) is 6.44. The Morgan fingerprint density at radius 1 is 0.510 bits per heavy atom. The zero-order chi connectivity index (χ0) is 36.0. The highest BCUT2D eigenvalue weighted by molar-refractivity contribution is 5.77. The van der Waals surface area contributed by atoms with Gasteiger partial charge in [-0.15, -0.1) is 0 Å². The van der Waals surface area contributed by atoms with Gasteiger partial charge < -0.3 is 20.3 Å². The Bertz CT molecular complexity index is 702. The fourth-order valence-electron chi connectivity index (χ4n) is 6.84. The van der Waals surface area contributed by atoms with E-state index in [-0.39, 0.29) is 24.9 Å². The van der Waals surface area contributed by atoms with E-state index in [0.717, 1.165) is 44.9 Å². The molecule has 49 heavy (non-hydrogen) atoms. The van der Waals surface area contributed by atoms with Gasteiger partial charge in [0.25, 0.3) is 0 Å². The maximum Gasteiger partial charge on any atom is 0.306 e. The Labute approximate surface area is 305 Å². The monoisotopic (exact) mass is 696 g/mol. The van der Waals surface area contributed by atoms with Crippen molar-refractivity contribution in [2.24, 2.45) is 0 Å². The number of unbranched alkanes of at least 4 members (excludes halogenated alkanes) is 27.